The molecule has 0 saturated carbocycles. The third-order valence-corrected chi connectivity index (χ3v) is 7.07. The summed E-state index contributed by atoms with van der Waals surface area (Å²) in [5.41, 5.74) is 0.0523. The van der Waals surface area contributed by atoms with E-state index in [9.17, 15) is 13.6 Å². The van der Waals surface area contributed by atoms with Crippen LogP contribution in [0.5, 0.6) is 0 Å². The molecule has 0 aliphatic carbocycles. The molecule has 2 aromatic heterocycles. The predicted molar refractivity (Wildman–Crippen MR) is 117 cm³/mol. The van der Waals surface area contributed by atoms with Crippen LogP contribution in [0.1, 0.15) is 9.67 Å². The number of carbonyl (C=O) groups is 1. The minimum atomic E-state index is -0.748. The fourth-order valence-electron chi connectivity index (χ4n) is 2.92. The summed E-state index contributed by atoms with van der Waals surface area (Å²) in [5, 5.41) is 1.51. The average Bonchev–Trinajstić information content (AvgIpc) is 3.23. The van der Waals surface area contributed by atoms with E-state index in [2.05, 4.69) is 4.98 Å². The lowest BCUT2D eigenvalue weighted by Gasteiger charge is -2.21. The van der Waals surface area contributed by atoms with Crippen LogP contribution in [0.15, 0.2) is 36.4 Å². The van der Waals surface area contributed by atoms with Crippen LogP contribution >= 0.6 is 34.3 Å². The number of benzene rings is 2. The standard InChI is InChI=1S/C20H16ClF2N3OS2/c1-25(2)7-8-26(20-24-17-13(23)9-11(22)10-15(17)29-20)19(27)18-16(21)12-5-3-4-6-14(12)28-18/h3-6,9-10H,7-8H2,1-2H3. The highest BCUT2D eigenvalue weighted by molar-refractivity contribution is 7.23. The van der Waals surface area contributed by atoms with Crippen molar-refractivity contribution in [3.8, 4) is 0 Å². The highest BCUT2D eigenvalue weighted by Crippen LogP contribution is 2.38. The molecule has 2 aromatic carbocycles. The van der Waals surface area contributed by atoms with E-state index in [1.165, 1.54) is 22.3 Å². The first-order valence-electron chi connectivity index (χ1n) is 8.74. The molecule has 150 valence electrons. The zero-order valence-corrected chi connectivity index (χ0v) is 18.0. The zero-order chi connectivity index (χ0) is 20.7. The molecule has 0 spiro atoms. The number of anilines is 1. The van der Waals surface area contributed by atoms with E-state index >= 15 is 0 Å². The number of fused-ring (bicyclic) bond motifs is 2. The fraction of sp³-hybridized carbons (Fsp3) is 0.200. The van der Waals surface area contributed by atoms with E-state index in [1.54, 1.807) is 0 Å². The molecule has 4 rings (SSSR count). The lowest BCUT2D eigenvalue weighted by molar-refractivity contribution is 0.0989. The van der Waals surface area contributed by atoms with Gasteiger partial charge >= 0.3 is 0 Å². The Kier molecular flexibility index (Phi) is 5.52. The van der Waals surface area contributed by atoms with E-state index in [4.69, 9.17) is 11.6 Å². The van der Waals surface area contributed by atoms with Crippen LogP contribution in [0.4, 0.5) is 13.9 Å². The molecule has 9 heteroatoms. The van der Waals surface area contributed by atoms with Crippen molar-refractivity contribution in [2.24, 2.45) is 0 Å². The summed E-state index contributed by atoms with van der Waals surface area (Å²) in [5.74, 6) is -1.73. The molecule has 4 aromatic rings. The first-order valence-corrected chi connectivity index (χ1v) is 10.8. The first kappa shape index (κ1) is 20.2. The Morgan fingerprint density at radius 1 is 1.10 bits per heavy atom. The van der Waals surface area contributed by atoms with E-state index in [1.807, 2.05) is 43.3 Å². The van der Waals surface area contributed by atoms with Crippen LogP contribution in [0, 0.1) is 11.6 Å². The second-order valence-corrected chi connectivity index (χ2v) is 9.17. The molecule has 0 bridgehead atoms. The Bertz CT molecular complexity index is 1220. The maximum absolute atomic E-state index is 14.1. The van der Waals surface area contributed by atoms with Gasteiger partial charge in [-0.2, -0.15) is 0 Å². The molecular formula is C20H16ClF2N3OS2. The van der Waals surface area contributed by atoms with Crippen molar-refractivity contribution in [2.75, 3.05) is 32.1 Å². The van der Waals surface area contributed by atoms with Gasteiger partial charge in [0, 0.05) is 29.2 Å². The van der Waals surface area contributed by atoms with E-state index in [-0.39, 0.29) is 11.4 Å². The van der Waals surface area contributed by atoms with Gasteiger partial charge in [0.1, 0.15) is 16.2 Å². The summed E-state index contributed by atoms with van der Waals surface area (Å²) < 4.78 is 29.0. The van der Waals surface area contributed by atoms with Crippen molar-refractivity contribution in [3.05, 3.63) is 57.9 Å². The maximum atomic E-state index is 14.1. The molecule has 0 radical (unpaired) electrons. The van der Waals surface area contributed by atoms with Gasteiger partial charge in [-0.25, -0.2) is 13.8 Å². The molecule has 29 heavy (non-hydrogen) atoms. The molecular weight excluding hydrogens is 436 g/mol. The van der Waals surface area contributed by atoms with Gasteiger partial charge in [0.2, 0.25) is 0 Å². The average molecular weight is 452 g/mol. The minimum Gasteiger partial charge on any atom is -0.308 e. The largest absolute Gasteiger partial charge is 0.308 e. The van der Waals surface area contributed by atoms with Crippen LogP contribution in [0.25, 0.3) is 20.3 Å². The summed E-state index contributed by atoms with van der Waals surface area (Å²) in [6, 6.07) is 9.54. The summed E-state index contributed by atoms with van der Waals surface area (Å²) in [6.45, 7) is 0.904. The number of halogens is 3. The lowest BCUT2D eigenvalue weighted by Crippen LogP contribution is -2.36. The molecule has 0 atom stereocenters. The van der Waals surface area contributed by atoms with Crippen LogP contribution in [0.2, 0.25) is 5.02 Å². The van der Waals surface area contributed by atoms with E-state index in [0.29, 0.717) is 32.8 Å². The van der Waals surface area contributed by atoms with Crippen molar-refractivity contribution in [3.63, 3.8) is 0 Å². The molecule has 4 nitrogen and oxygen atoms in total. The quantitative estimate of drug-likeness (QED) is 0.393. The molecule has 0 saturated heterocycles. The van der Waals surface area contributed by atoms with Crippen LogP contribution < -0.4 is 4.90 Å². The van der Waals surface area contributed by atoms with Gasteiger partial charge in [-0.3, -0.25) is 9.69 Å². The van der Waals surface area contributed by atoms with Gasteiger partial charge < -0.3 is 4.90 Å². The van der Waals surface area contributed by atoms with Gasteiger partial charge in [-0.15, -0.1) is 11.3 Å². The molecule has 0 fully saturated rings. The highest BCUT2D eigenvalue weighted by Gasteiger charge is 2.26. The predicted octanol–water partition coefficient (Wildman–Crippen LogP) is 5.65. The van der Waals surface area contributed by atoms with E-state index < -0.39 is 11.6 Å². The fourth-order valence-corrected chi connectivity index (χ4v) is 5.41. The maximum Gasteiger partial charge on any atom is 0.271 e. The third-order valence-electron chi connectivity index (χ3n) is 4.38. The van der Waals surface area contributed by atoms with Crippen molar-refractivity contribution < 1.29 is 13.6 Å². The summed E-state index contributed by atoms with van der Waals surface area (Å²) in [4.78, 5) is 21.5. The molecule has 2 heterocycles. The van der Waals surface area contributed by atoms with Gasteiger partial charge in [-0.1, -0.05) is 41.1 Å². The summed E-state index contributed by atoms with van der Waals surface area (Å²) in [6.07, 6.45) is 0. The Morgan fingerprint density at radius 2 is 1.86 bits per heavy atom. The molecule has 0 unspecified atom stereocenters. The topological polar surface area (TPSA) is 36.4 Å². The van der Waals surface area contributed by atoms with Gasteiger partial charge in [0.05, 0.1) is 9.72 Å². The van der Waals surface area contributed by atoms with Crippen molar-refractivity contribution in [1.29, 1.82) is 0 Å². The summed E-state index contributed by atoms with van der Waals surface area (Å²) in [7, 11) is 3.78. The third kappa shape index (κ3) is 3.85. The number of nitrogens with zero attached hydrogens (tertiary/aromatic N) is 3. The van der Waals surface area contributed by atoms with Gasteiger partial charge in [-0.05, 0) is 26.2 Å². The number of hydrogen-bond donors (Lipinski definition) is 0. The SMILES string of the molecule is CN(C)CCN(C(=O)c1sc2ccccc2c1Cl)c1nc2c(F)cc(F)cc2s1. The Morgan fingerprint density at radius 3 is 2.59 bits per heavy atom. The van der Waals surface area contributed by atoms with E-state index in [0.717, 1.165) is 27.5 Å². The monoisotopic (exact) mass is 451 g/mol. The van der Waals surface area contributed by atoms with Crippen molar-refractivity contribution >= 4 is 65.6 Å². The summed E-state index contributed by atoms with van der Waals surface area (Å²) >= 11 is 8.88. The highest BCUT2D eigenvalue weighted by atomic mass is 35.5. The normalized spacial score (nSPS) is 11.7. The minimum absolute atomic E-state index is 0.0523. The number of amides is 1. The molecule has 1 amide bonds. The van der Waals surface area contributed by atoms with Gasteiger partial charge in [0.25, 0.3) is 5.91 Å². The smallest absolute Gasteiger partial charge is 0.271 e. The number of hydrogen-bond acceptors (Lipinski definition) is 5. The molecule has 0 N–H and O–H groups in total. The zero-order valence-electron chi connectivity index (χ0n) is 15.6. The number of thiophene rings is 1. The second kappa shape index (κ2) is 7.95. The van der Waals surface area contributed by atoms with Crippen LogP contribution in [0.3, 0.4) is 0 Å². The Hall–Kier alpha value is -2.13. The van der Waals surface area contributed by atoms with Gasteiger partial charge in [0.15, 0.2) is 10.9 Å². The number of aromatic nitrogens is 1. The Balaban J connectivity index is 1.80. The number of rotatable bonds is 5. The molecule has 0 aliphatic rings. The molecule has 0 aliphatic heterocycles. The van der Waals surface area contributed by atoms with Crippen molar-refractivity contribution in [2.45, 2.75) is 0 Å². The number of thiazole rings is 1. The lowest BCUT2D eigenvalue weighted by atomic mass is 10.2. The Labute approximate surface area is 178 Å². The van der Waals surface area contributed by atoms with Crippen LogP contribution in [-0.4, -0.2) is 43.0 Å². The number of carbonyl (C=O) groups excluding carboxylic acids is 1. The second-order valence-electron chi connectivity index (χ2n) is 6.73. The van der Waals surface area contributed by atoms with Crippen molar-refractivity contribution in [1.82, 2.24) is 9.88 Å². The number of likely N-dealkylation sites (N-methyl/N-ethyl adjacent to an activating group) is 1. The van der Waals surface area contributed by atoms with Crippen LogP contribution in [-0.2, 0) is 0 Å². The first-order chi connectivity index (χ1) is 13.8.